The lowest BCUT2D eigenvalue weighted by Crippen LogP contribution is -2.25. The van der Waals surface area contributed by atoms with E-state index in [0.717, 1.165) is 42.6 Å². The Labute approximate surface area is 176 Å². The van der Waals surface area contributed by atoms with Gasteiger partial charge in [0.2, 0.25) is 0 Å². The lowest BCUT2D eigenvalue weighted by Gasteiger charge is -2.25. The number of fused-ring (bicyclic) bond motifs is 2. The van der Waals surface area contributed by atoms with Gasteiger partial charge in [-0.3, -0.25) is 14.9 Å². The van der Waals surface area contributed by atoms with E-state index in [-0.39, 0.29) is 0 Å². The molecular formula is C24H27N3O3. The van der Waals surface area contributed by atoms with Crippen LogP contribution in [0.5, 0.6) is 5.75 Å². The van der Waals surface area contributed by atoms with Gasteiger partial charge in [0.05, 0.1) is 7.11 Å². The molecule has 4 rings (SSSR count). The summed E-state index contributed by atoms with van der Waals surface area (Å²) in [5.74, 6) is 0.339. The zero-order valence-corrected chi connectivity index (χ0v) is 17.3. The predicted octanol–water partition coefficient (Wildman–Crippen LogP) is 3.86. The number of likely N-dealkylation sites (N-methyl/N-ethyl adjacent to an activating group) is 1. The summed E-state index contributed by atoms with van der Waals surface area (Å²) in [6, 6.07) is 12.9. The molecule has 1 atom stereocenters. The number of aromatic amines is 1. The van der Waals surface area contributed by atoms with Crippen molar-refractivity contribution in [1.82, 2.24) is 15.4 Å². The maximum atomic E-state index is 11.2. The van der Waals surface area contributed by atoms with E-state index in [9.17, 15) is 4.79 Å². The van der Waals surface area contributed by atoms with Crippen molar-refractivity contribution in [2.45, 2.75) is 25.3 Å². The minimum absolute atomic E-state index is 0.407. The molecule has 1 aliphatic carbocycles. The Bertz CT molecular complexity index is 1090. The summed E-state index contributed by atoms with van der Waals surface area (Å²) >= 11 is 0. The summed E-state index contributed by atoms with van der Waals surface area (Å²) < 4.78 is 5.31. The van der Waals surface area contributed by atoms with Crippen LogP contribution in [0.2, 0.25) is 0 Å². The lowest BCUT2D eigenvalue weighted by atomic mass is 10.0. The molecule has 0 fully saturated rings. The standard InChI is InChI=1S/C24H27N3O3/c1-27(12-11-18-15-25-22-14-19(30-2)6-8-20(18)22)23-9-5-17-13-16(3-7-21(17)23)4-10-24(28)26-29/h3-4,6-8,10,13-15,23,25,29H,5,9,11-12H2,1-2H3,(H,26,28). The topological polar surface area (TPSA) is 77.6 Å². The zero-order valence-electron chi connectivity index (χ0n) is 17.3. The van der Waals surface area contributed by atoms with Gasteiger partial charge in [0, 0.05) is 41.8 Å². The molecular weight excluding hydrogens is 378 g/mol. The van der Waals surface area contributed by atoms with E-state index >= 15 is 0 Å². The van der Waals surface area contributed by atoms with Crippen LogP contribution in [0.3, 0.4) is 0 Å². The van der Waals surface area contributed by atoms with Crippen molar-refractivity contribution < 1.29 is 14.7 Å². The number of hydroxylamine groups is 1. The second kappa shape index (κ2) is 8.73. The van der Waals surface area contributed by atoms with Gasteiger partial charge >= 0.3 is 0 Å². The molecule has 0 bridgehead atoms. The highest BCUT2D eigenvalue weighted by molar-refractivity contribution is 5.90. The Kier molecular flexibility index (Phi) is 5.88. The fraction of sp³-hybridized carbons (Fsp3) is 0.292. The van der Waals surface area contributed by atoms with Crippen LogP contribution in [0.1, 0.15) is 34.7 Å². The van der Waals surface area contributed by atoms with Crippen LogP contribution in [0.4, 0.5) is 0 Å². The van der Waals surface area contributed by atoms with Crippen molar-refractivity contribution in [2.24, 2.45) is 0 Å². The number of rotatable bonds is 7. The third-order valence-corrected chi connectivity index (χ3v) is 5.99. The van der Waals surface area contributed by atoms with E-state index < -0.39 is 5.91 Å². The number of hydrogen-bond acceptors (Lipinski definition) is 4. The van der Waals surface area contributed by atoms with Crippen molar-refractivity contribution in [3.8, 4) is 5.75 Å². The first kappa shape index (κ1) is 20.2. The number of benzene rings is 2. The largest absolute Gasteiger partial charge is 0.497 e. The van der Waals surface area contributed by atoms with E-state index in [0.29, 0.717) is 6.04 Å². The van der Waals surface area contributed by atoms with Gasteiger partial charge in [0.15, 0.2) is 0 Å². The molecule has 3 aromatic rings. The van der Waals surface area contributed by atoms with E-state index in [2.05, 4.69) is 41.3 Å². The summed E-state index contributed by atoms with van der Waals surface area (Å²) in [5.41, 5.74) is 7.70. The molecule has 0 radical (unpaired) electrons. The molecule has 3 N–H and O–H groups in total. The quantitative estimate of drug-likeness (QED) is 0.317. The molecule has 0 saturated heterocycles. The summed E-state index contributed by atoms with van der Waals surface area (Å²) in [6.45, 7) is 0.974. The van der Waals surface area contributed by atoms with Gasteiger partial charge in [0.25, 0.3) is 5.91 Å². The molecule has 30 heavy (non-hydrogen) atoms. The van der Waals surface area contributed by atoms with Crippen LogP contribution >= 0.6 is 0 Å². The minimum atomic E-state index is -0.524. The molecule has 0 spiro atoms. The number of aromatic nitrogens is 1. The highest BCUT2D eigenvalue weighted by Gasteiger charge is 2.25. The van der Waals surface area contributed by atoms with Crippen LogP contribution in [0.15, 0.2) is 48.7 Å². The average Bonchev–Trinajstić information content (AvgIpc) is 3.38. The number of carbonyl (C=O) groups excluding carboxylic acids is 1. The van der Waals surface area contributed by atoms with E-state index in [1.807, 2.05) is 18.2 Å². The van der Waals surface area contributed by atoms with Crippen molar-refractivity contribution in [3.63, 3.8) is 0 Å². The van der Waals surface area contributed by atoms with Gasteiger partial charge in [-0.2, -0.15) is 0 Å². The fourth-order valence-electron chi connectivity index (χ4n) is 4.34. The number of aryl methyl sites for hydroxylation is 1. The minimum Gasteiger partial charge on any atom is -0.497 e. The van der Waals surface area contributed by atoms with Crippen LogP contribution in [0.25, 0.3) is 17.0 Å². The Morgan fingerprint density at radius 1 is 1.33 bits per heavy atom. The third kappa shape index (κ3) is 4.10. The van der Waals surface area contributed by atoms with Gasteiger partial charge < -0.3 is 9.72 Å². The molecule has 0 aliphatic heterocycles. The summed E-state index contributed by atoms with van der Waals surface area (Å²) in [6.07, 6.45) is 8.26. The van der Waals surface area contributed by atoms with Crippen molar-refractivity contribution >= 4 is 22.9 Å². The number of H-pyrrole nitrogens is 1. The second-order valence-electron chi connectivity index (χ2n) is 7.78. The van der Waals surface area contributed by atoms with Gasteiger partial charge in [-0.1, -0.05) is 18.2 Å². The monoisotopic (exact) mass is 405 g/mol. The van der Waals surface area contributed by atoms with Crippen LogP contribution < -0.4 is 10.2 Å². The van der Waals surface area contributed by atoms with Crippen LogP contribution in [-0.4, -0.2) is 41.7 Å². The molecule has 1 aromatic heterocycles. The average molecular weight is 405 g/mol. The number of carbonyl (C=O) groups is 1. The van der Waals surface area contributed by atoms with Crippen molar-refractivity contribution in [1.29, 1.82) is 0 Å². The first-order valence-corrected chi connectivity index (χ1v) is 10.2. The first-order chi connectivity index (χ1) is 14.6. The van der Waals surface area contributed by atoms with E-state index in [1.165, 1.54) is 28.2 Å². The van der Waals surface area contributed by atoms with Crippen LogP contribution in [0, 0.1) is 0 Å². The molecule has 2 aromatic carbocycles. The third-order valence-electron chi connectivity index (χ3n) is 5.99. The summed E-state index contributed by atoms with van der Waals surface area (Å²) in [5, 5.41) is 9.85. The molecule has 1 aliphatic rings. The Morgan fingerprint density at radius 3 is 3.00 bits per heavy atom. The number of nitrogens with one attached hydrogen (secondary N) is 2. The first-order valence-electron chi connectivity index (χ1n) is 10.2. The van der Waals surface area contributed by atoms with E-state index in [1.54, 1.807) is 18.7 Å². The molecule has 1 amide bonds. The molecule has 6 heteroatoms. The smallest absolute Gasteiger partial charge is 0.267 e. The number of nitrogens with zero attached hydrogens (tertiary/aromatic N) is 1. The van der Waals surface area contributed by atoms with Crippen molar-refractivity contribution in [2.75, 3.05) is 20.7 Å². The van der Waals surface area contributed by atoms with Crippen LogP contribution in [-0.2, 0) is 17.6 Å². The Hall–Kier alpha value is -3.09. The SMILES string of the molecule is COc1ccc2c(CCN(C)C3CCc4cc(C=CC(=O)NO)ccc43)c[nH]c2c1. The number of methoxy groups -OCH3 is 1. The molecule has 6 nitrogen and oxygen atoms in total. The van der Waals surface area contributed by atoms with E-state index in [4.69, 9.17) is 9.94 Å². The van der Waals surface area contributed by atoms with Crippen molar-refractivity contribution in [3.05, 3.63) is 70.9 Å². The summed E-state index contributed by atoms with van der Waals surface area (Å²) in [4.78, 5) is 17.0. The van der Waals surface area contributed by atoms with Gasteiger partial charge in [-0.25, -0.2) is 5.48 Å². The molecule has 0 saturated carbocycles. The lowest BCUT2D eigenvalue weighted by molar-refractivity contribution is -0.124. The highest BCUT2D eigenvalue weighted by atomic mass is 16.5. The van der Waals surface area contributed by atoms with Gasteiger partial charge in [0.1, 0.15) is 5.75 Å². The molecule has 1 heterocycles. The number of hydrogen-bond donors (Lipinski definition) is 3. The molecule has 1 unspecified atom stereocenters. The second-order valence-corrected chi connectivity index (χ2v) is 7.78. The van der Waals surface area contributed by atoms with Gasteiger partial charge in [-0.05, 0) is 66.8 Å². The number of ether oxygens (including phenoxy) is 1. The van der Waals surface area contributed by atoms with Gasteiger partial charge in [-0.15, -0.1) is 0 Å². The molecule has 156 valence electrons. The Morgan fingerprint density at radius 2 is 2.20 bits per heavy atom. The zero-order chi connectivity index (χ0) is 21.1. The Balaban J connectivity index is 1.43. The normalized spacial score (nSPS) is 15.8. The number of amides is 1. The maximum absolute atomic E-state index is 11.2. The highest BCUT2D eigenvalue weighted by Crippen LogP contribution is 2.36. The summed E-state index contributed by atoms with van der Waals surface area (Å²) in [7, 11) is 3.88. The fourth-order valence-corrected chi connectivity index (χ4v) is 4.34. The maximum Gasteiger partial charge on any atom is 0.267 e. The predicted molar refractivity (Wildman–Crippen MR) is 118 cm³/mol.